The van der Waals surface area contributed by atoms with E-state index in [9.17, 15) is 14.7 Å². The molecule has 23 heavy (non-hydrogen) atoms. The molecule has 6 nitrogen and oxygen atoms in total. The molecule has 1 aliphatic rings. The van der Waals surface area contributed by atoms with E-state index in [4.69, 9.17) is 9.47 Å². The molecule has 0 spiro atoms. The van der Waals surface area contributed by atoms with Crippen LogP contribution < -0.4 is 9.47 Å². The summed E-state index contributed by atoms with van der Waals surface area (Å²) in [5.74, 6) is 0.472. The van der Waals surface area contributed by atoms with E-state index in [-0.39, 0.29) is 5.91 Å². The van der Waals surface area contributed by atoms with Crippen LogP contribution in [-0.4, -0.2) is 48.2 Å². The van der Waals surface area contributed by atoms with Crippen LogP contribution in [0, 0.1) is 0 Å². The molecule has 1 amide bonds. The van der Waals surface area contributed by atoms with Crippen LogP contribution >= 0.6 is 0 Å². The molecule has 0 radical (unpaired) electrons. The van der Waals surface area contributed by atoms with Crippen LogP contribution in [0.3, 0.4) is 0 Å². The molecule has 0 aromatic heterocycles. The Kier molecular flexibility index (Phi) is 6.26. The number of carboxylic acid groups (broad SMARTS) is 1. The third kappa shape index (κ3) is 4.87. The minimum atomic E-state index is -0.910. The maximum Gasteiger partial charge on any atom is 0.326 e. The molecule has 1 fully saturated rings. The van der Waals surface area contributed by atoms with Crippen LogP contribution in [0.5, 0.6) is 11.5 Å². The summed E-state index contributed by atoms with van der Waals surface area (Å²) in [6.07, 6.45) is 3.15. The molecule has 1 saturated heterocycles. The Bertz CT molecular complexity index is 528. The van der Waals surface area contributed by atoms with Crippen LogP contribution in [0.4, 0.5) is 0 Å². The van der Waals surface area contributed by atoms with E-state index in [1.807, 2.05) is 24.3 Å². The SMILES string of the molecule is COc1ccc(OCCCC(=O)N2CCCC[C@@H]2C(=O)O)cc1. The van der Waals surface area contributed by atoms with Crippen LogP contribution in [0.2, 0.25) is 0 Å². The lowest BCUT2D eigenvalue weighted by molar-refractivity contribution is -0.152. The molecule has 1 heterocycles. The Labute approximate surface area is 136 Å². The normalized spacial score (nSPS) is 17.6. The third-order valence-electron chi connectivity index (χ3n) is 3.97. The van der Waals surface area contributed by atoms with Gasteiger partial charge in [0.1, 0.15) is 17.5 Å². The maximum absolute atomic E-state index is 12.2. The zero-order valence-corrected chi connectivity index (χ0v) is 13.4. The number of nitrogens with zero attached hydrogens (tertiary/aromatic N) is 1. The predicted molar refractivity (Wildman–Crippen MR) is 84.7 cm³/mol. The monoisotopic (exact) mass is 321 g/mol. The van der Waals surface area contributed by atoms with Crippen LogP contribution in [0.15, 0.2) is 24.3 Å². The zero-order valence-electron chi connectivity index (χ0n) is 13.4. The van der Waals surface area contributed by atoms with Gasteiger partial charge in [-0.05, 0) is 49.9 Å². The molecule has 1 N–H and O–H groups in total. The van der Waals surface area contributed by atoms with Crippen molar-refractivity contribution in [3.8, 4) is 11.5 Å². The fraction of sp³-hybridized carbons (Fsp3) is 0.529. The first kappa shape index (κ1) is 17.1. The number of methoxy groups -OCH3 is 1. The predicted octanol–water partition coefficient (Wildman–Crippen LogP) is 2.32. The summed E-state index contributed by atoms with van der Waals surface area (Å²) < 4.78 is 10.6. The van der Waals surface area contributed by atoms with Crippen LogP contribution in [0.1, 0.15) is 32.1 Å². The van der Waals surface area contributed by atoms with E-state index in [0.29, 0.717) is 32.4 Å². The van der Waals surface area contributed by atoms with Gasteiger partial charge in [-0.1, -0.05) is 0 Å². The first-order chi connectivity index (χ1) is 11.1. The summed E-state index contributed by atoms with van der Waals surface area (Å²) in [5.41, 5.74) is 0. The van der Waals surface area contributed by atoms with E-state index in [0.717, 1.165) is 24.3 Å². The van der Waals surface area contributed by atoms with Crippen molar-refractivity contribution in [2.45, 2.75) is 38.1 Å². The highest BCUT2D eigenvalue weighted by Gasteiger charge is 2.31. The smallest absolute Gasteiger partial charge is 0.326 e. The van der Waals surface area contributed by atoms with Crippen LogP contribution in [0.25, 0.3) is 0 Å². The Morgan fingerprint density at radius 3 is 2.57 bits per heavy atom. The number of ether oxygens (including phenoxy) is 2. The average molecular weight is 321 g/mol. The van der Waals surface area contributed by atoms with Crippen LogP contribution in [-0.2, 0) is 9.59 Å². The second kappa shape index (κ2) is 8.41. The van der Waals surface area contributed by atoms with E-state index < -0.39 is 12.0 Å². The Hall–Kier alpha value is -2.24. The highest BCUT2D eigenvalue weighted by atomic mass is 16.5. The summed E-state index contributed by atoms with van der Waals surface area (Å²) in [4.78, 5) is 24.9. The van der Waals surface area contributed by atoms with Crippen molar-refractivity contribution in [2.24, 2.45) is 0 Å². The number of rotatable bonds is 7. The summed E-state index contributed by atoms with van der Waals surface area (Å²) in [7, 11) is 1.60. The highest BCUT2D eigenvalue weighted by Crippen LogP contribution is 2.19. The minimum absolute atomic E-state index is 0.101. The number of carbonyl (C=O) groups is 2. The van der Waals surface area contributed by atoms with Gasteiger partial charge in [-0.3, -0.25) is 4.79 Å². The highest BCUT2D eigenvalue weighted by molar-refractivity contribution is 5.83. The zero-order chi connectivity index (χ0) is 16.7. The Balaban J connectivity index is 1.74. The Morgan fingerprint density at radius 2 is 1.91 bits per heavy atom. The lowest BCUT2D eigenvalue weighted by Gasteiger charge is -2.33. The third-order valence-corrected chi connectivity index (χ3v) is 3.97. The standard InChI is InChI=1S/C17H23NO5/c1-22-13-7-9-14(10-8-13)23-12-4-6-16(19)18-11-3-2-5-15(18)17(20)21/h7-10,15H,2-6,11-12H2,1H3,(H,20,21)/t15-/m1/s1. The van der Waals surface area contributed by atoms with E-state index in [2.05, 4.69) is 0 Å². The molecule has 1 atom stereocenters. The Morgan fingerprint density at radius 1 is 1.22 bits per heavy atom. The van der Waals surface area contributed by atoms with Crippen molar-refractivity contribution in [1.82, 2.24) is 4.90 Å². The van der Waals surface area contributed by atoms with Gasteiger partial charge in [0.25, 0.3) is 0 Å². The number of piperidine rings is 1. The van der Waals surface area contributed by atoms with Crippen molar-refractivity contribution >= 4 is 11.9 Å². The quantitative estimate of drug-likeness (QED) is 0.780. The second-order valence-corrected chi connectivity index (χ2v) is 5.56. The minimum Gasteiger partial charge on any atom is -0.497 e. The molecule has 0 saturated carbocycles. The first-order valence-corrected chi connectivity index (χ1v) is 7.91. The molecule has 0 bridgehead atoms. The lowest BCUT2D eigenvalue weighted by atomic mass is 10.0. The summed E-state index contributed by atoms with van der Waals surface area (Å²) in [6, 6.07) is 6.58. The molecule has 0 aliphatic carbocycles. The van der Waals surface area contributed by atoms with E-state index in [1.165, 1.54) is 4.90 Å². The molecule has 2 rings (SSSR count). The fourth-order valence-electron chi connectivity index (χ4n) is 2.72. The molecule has 1 aromatic rings. The first-order valence-electron chi connectivity index (χ1n) is 7.91. The van der Waals surface area contributed by atoms with Gasteiger partial charge in [-0.15, -0.1) is 0 Å². The van der Waals surface area contributed by atoms with E-state index in [1.54, 1.807) is 7.11 Å². The van der Waals surface area contributed by atoms with Crippen molar-refractivity contribution in [1.29, 1.82) is 0 Å². The van der Waals surface area contributed by atoms with Gasteiger partial charge in [0, 0.05) is 13.0 Å². The number of hydrogen-bond donors (Lipinski definition) is 1. The largest absolute Gasteiger partial charge is 0.497 e. The lowest BCUT2D eigenvalue weighted by Crippen LogP contribution is -2.47. The van der Waals surface area contributed by atoms with Gasteiger partial charge < -0.3 is 19.5 Å². The van der Waals surface area contributed by atoms with Crippen molar-refractivity contribution < 1.29 is 24.2 Å². The maximum atomic E-state index is 12.2. The van der Waals surface area contributed by atoms with Crippen molar-refractivity contribution in [3.63, 3.8) is 0 Å². The van der Waals surface area contributed by atoms with Gasteiger partial charge in [-0.25, -0.2) is 4.79 Å². The van der Waals surface area contributed by atoms with Gasteiger partial charge in [0.2, 0.25) is 5.91 Å². The van der Waals surface area contributed by atoms with Gasteiger partial charge in [-0.2, -0.15) is 0 Å². The molecular formula is C17H23NO5. The number of hydrogen-bond acceptors (Lipinski definition) is 4. The van der Waals surface area contributed by atoms with Gasteiger partial charge in [0.05, 0.1) is 13.7 Å². The fourth-order valence-corrected chi connectivity index (χ4v) is 2.72. The topological polar surface area (TPSA) is 76.1 Å². The molecule has 126 valence electrons. The van der Waals surface area contributed by atoms with E-state index >= 15 is 0 Å². The molecule has 1 aromatic carbocycles. The molecular weight excluding hydrogens is 298 g/mol. The number of likely N-dealkylation sites (tertiary alicyclic amines) is 1. The molecule has 0 unspecified atom stereocenters. The number of carbonyl (C=O) groups excluding carboxylic acids is 1. The summed E-state index contributed by atoms with van der Waals surface area (Å²) in [6.45, 7) is 0.957. The van der Waals surface area contributed by atoms with Gasteiger partial charge >= 0.3 is 5.97 Å². The second-order valence-electron chi connectivity index (χ2n) is 5.56. The number of benzene rings is 1. The average Bonchev–Trinajstić information content (AvgIpc) is 2.59. The number of aliphatic carboxylic acids is 1. The molecule has 6 heteroatoms. The summed E-state index contributed by atoms with van der Waals surface area (Å²) in [5, 5.41) is 9.19. The summed E-state index contributed by atoms with van der Waals surface area (Å²) >= 11 is 0. The molecule has 1 aliphatic heterocycles. The number of amides is 1. The van der Waals surface area contributed by atoms with Gasteiger partial charge in [0.15, 0.2) is 0 Å². The van der Waals surface area contributed by atoms with Crippen molar-refractivity contribution in [2.75, 3.05) is 20.3 Å². The van der Waals surface area contributed by atoms with Crippen molar-refractivity contribution in [3.05, 3.63) is 24.3 Å². The number of carboxylic acids is 1.